The van der Waals surface area contributed by atoms with E-state index in [0.29, 0.717) is 13.1 Å². The predicted molar refractivity (Wildman–Crippen MR) is 135 cm³/mol. The normalized spacial score (nSPS) is 11.1. The zero-order chi connectivity index (χ0) is 24.4. The number of hydrogen-bond donors (Lipinski definition) is 1. The van der Waals surface area contributed by atoms with Crippen molar-refractivity contribution in [3.05, 3.63) is 82.7 Å². The van der Waals surface area contributed by atoms with Gasteiger partial charge in [-0.1, -0.05) is 24.6 Å². The molecule has 3 aromatic carbocycles. The van der Waals surface area contributed by atoms with Crippen LogP contribution in [0, 0.1) is 20.8 Å². The highest BCUT2D eigenvalue weighted by molar-refractivity contribution is 5.97. The van der Waals surface area contributed by atoms with Gasteiger partial charge in [-0.15, -0.1) is 0 Å². The number of methoxy groups -OCH3 is 1. The first-order valence-electron chi connectivity index (χ1n) is 11.5. The second-order valence-corrected chi connectivity index (χ2v) is 8.73. The Kier molecular flexibility index (Phi) is 6.59. The summed E-state index contributed by atoms with van der Waals surface area (Å²) in [4.78, 5) is 20.4. The third kappa shape index (κ3) is 4.49. The Morgan fingerprint density at radius 2 is 1.71 bits per heavy atom. The minimum Gasteiger partial charge on any atom is -0.508 e. The van der Waals surface area contributed by atoms with Crippen molar-refractivity contribution >= 4 is 16.9 Å². The highest BCUT2D eigenvalue weighted by Crippen LogP contribution is 2.28. The van der Waals surface area contributed by atoms with Crippen LogP contribution in [-0.4, -0.2) is 39.1 Å². The van der Waals surface area contributed by atoms with Gasteiger partial charge in [-0.2, -0.15) is 0 Å². The standard InChI is InChI=1S/C28H31N3O3/c1-6-13-30(28(33)27-19(3)14-18(2)15-20(27)4)17-26-29-24-12-9-22(32)16-25(24)31(26)21-7-10-23(34-5)11-8-21/h7-12,14-16,32H,6,13,17H2,1-5H3. The minimum absolute atomic E-state index is 0.00744. The lowest BCUT2D eigenvalue weighted by molar-refractivity contribution is 0.0737. The summed E-state index contributed by atoms with van der Waals surface area (Å²) in [6.45, 7) is 9.06. The van der Waals surface area contributed by atoms with E-state index in [1.165, 1.54) is 0 Å². The van der Waals surface area contributed by atoms with E-state index in [9.17, 15) is 9.90 Å². The number of benzene rings is 3. The maximum Gasteiger partial charge on any atom is 0.254 e. The zero-order valence-electron chi connectivity index (χ0n) is 20.4. The molecule has 0 aliphatic heterocycles. The fourth-order valence-corrected chi connectivity index (χ4v) is 4.61. The molecule has 0 spiro atoms. The molecule has 0 radical (unpaired) electrons. The summed E-state index contributed by atoms with van der Waals surface area (Å²) in [6.07, 6.45) is 0.833. The molecule has 0 atom stereocenters. The van der Waals surface area contributed by atoms with Crippen LogP contribution >= 0.6 is 0 Å². The zero-order valence-corrected chi connectivity index (χ0v) is 20.4. The lowest BCUT2D eigenvalue weighted by Crippen LogP contribution is -2.33. The molecule has 0 saturated carbocycles. The summed E-state index contributed by atoms with van der Waals surface area (Å²) in [5.74, 6) is 1.66. The highest BCUT2D eigenvalue weighted by atomic mass is 16.5. The molecule has 0 aliphatic rings. The molecule has 0 fully saturated rings. The molecule has 176 valence electrons. The van der Waals surface area contributed by atoms with E-state index < -0.39 is 0 Å². The lowest BCUT2D eigenvalue weighted by atomic mass is 9.98. The number of rotatable bonds is 7. The van der Waals surface area contributed by atoms with Gasteiger partial charge in [0.25, 0.3) is 5.91 Å². The number of carbonyl (C=O) groups excluding carboxylic acids is 1. The van der Waals surface area contributed by atoms with Crippen LogP contribution < -0.4 is 4.74 Å². The number of nitrogens with zero attached hydrogens (tertiary/aromatic N) is 3. The van der Waals surface area contributed by atoms with Gasteiger partial charge in [0, 0.05) is 23.9 Å². The number of ether oxygens (including phenoxy) is 1. The quantitative estimate of drug-likeness (QED) is 0.386. The molecular weight excluding hydrogens is 426 g/mol. The molecule has 6 nitrogen and oxygen atoms in total. The SMILES string of the molecule is CCCN(Cc1nc2ccc(O)cc2n1-c1ccc(OC)cc1)C(=O)c1c(C)cc(C)cc1C. The average Bonchev–Trinajstić information content (AvgIpc) is 3.15. The first-order valence-corrected chi connectivity index (χ1v) is 11.5. The molecule has 6 heteroatoms. The number of carbonyl (C=O) groups is 1. The summed E-state index contributed by atoms with van der Waals surface area (Å²) in [6, 6.07) is 16.9. The third-order valence-corrected chi connectivity index (χ3v) is 6.04. The third-order valence-electron chi connectivity index (χ3n) is 6.04. The van der Waals surface area contributed by atoms with Crippen LogP contribution in [0.3, 0.4) is 0 Å². The van der Waals surface area contributed by atoms with Crippen molar-refractivity contribution in [1.82, 2.24) is 14.5 Å². The van der Waals surface area contributed by atoms with Crippen molar-refractivity contribution in [2.24, 2.45) is 0 Å². The highest BCUT2D eigenvalue weighted by Gasteiger charge is 2.23. The number of hydrogen-bond acceptors (Lipinski definition) is 4. The van der Waals surface area contributed by atoms with E-state index in [-0.39, 0.29) is 11.7 Å². The fraction of sp³-hybridized carbons (Fsp3) is 0.286. The van der Waals surface area contributed by atoms with E-state index in [4.69, 9.17) is 9.72 Å². The maximum absolute atomic E-state index is 13.7. The Labute approximate surface area is 200 Å². The molecule has 0 unspecified atom stereocenters. The number of aromatic nitrogens is 2. The number of phenols is 1. The summed E-state index contributed by atoms with van der Waals surface area (Å²) >= 11 is 0. The van der Waals surface area contributed by atoms with Crippen molar-refractivity contribution in [2.45, 2.75) is 40.7 Å². The second-order valence-electron chi connectivity index (χ2n) is 8.73. The number of fused-ring (bicyclic) bond motifs is 1. The molecule has 34 heavy (non-hydrogen) atoms. The van der Waals surface area contributed by atoms with Gasteiger partial charge in [0.2, 0.25) is 0 Å². The van der Waals surface area contributed by atoms with Crippen LogP contribution in [-0.2, 0) is 6.54 Å². The Morgan fingerprint density at radius 1 is 1.03 bits per heavy atom. The van der Waals surface area contributed by atoms with Crippen molar-refractivity contribution in [1.29, 1.82) is 0 Å². The van der Waals surface area contributed by atoms with Gasteiger partial charge in [0.1, 0.15) is 17.3 Å². The Hall–Kier alpha value is -3.80. The van der Waals surface area contributed by atoms with E-state index in [1.807, 2.05) is 54.5 Å². The van der Waals surface area contributed by atoms with Gasteiger partial charge in [-0.25, -0.2) is 4.98 Å². The Bertz CT molecular complexity index is 1320. The molecule has 1 amide bonds. The van der Waals surface area contributed by atoms with Crippen LogP contribution in [0.2, 0.25) is 0 Å². The molecule has 1 aromatic heterocycles. The summed E-state index contributed by atoms with van der Waals surface area (Å²) < 4.78 is 7.31. The number of phenolic OH excluding ortho intramolecular Hbond substituents is 1. The summed E-state index contributed by atoms with van der Waals surface area (Å²) in [5.41, 5.74) is 6.30. The summed E-state index contributed by atoms with van der Waals surface area (Å²) in [5, 5.41) is 10.2. The topological polar surface area (TPSA) is 67.6 Å². The van der Waals surface area contributed by atoms with Crippen LogP contribution in [0.25, 0.3) is 16.7 Å². The van der Waals surface area contributed by atoms with E-state index in [2.05, 4.69) is 19.1 Å². The monoisotopic (exact) mass is 457 g/mol. The molecule has 1 N–H and O–H groups in total. The van der Waals surface area contributed by atoms with Crippen LogP contribution in [0.15, 0.2) is 54.6 Å². The number of aromatic hydroxyl groups is 1. The Morgan fingerprint density at radius 3 is 2.32 bits per heavy atom. The molecule has 0 saturated heterocycles. The van der Waals surface area contributed by atoms with E-state index in [1.54, 1.807) is 25.3 Å². The molecule has 4 rings (SSSR count). The number of amides is 1. The van der Waals surface area contributed by atoms with Gasteiger partial charge in [0.15, 0.2) is 0 Å². The smallest absolute Gasteiger partial charge is 0.254 e. The first-order chi connectivity index (χ1) is 16.3. The number of imidazole rings is 1. The van der Waals surface area contributed by atoms with Crippen LogP contribution in [0.1, 0.15) is 46.2 Å². The Balaban J connectivity index is 1.81. The van der Waals surface area contributed by atoms with Crippen LogP contribution in [0.5, 0.6) is 11.5 Å². The molecule has 0 aliphatic carbocycles. The van der Waals surface area contributed by atoms with Crippen molar-refractivity contribution < 1.29 is 14.6 Å². The minimum atomic E-state index is 0.00744. The molecule has 4 aromatic rings. The predicted octanol–water partition coefficient (Wildman–Crippen LogP) is 5.72. The van der Waals surface area contributed by atoms with E-state index >= 15 is 0 Å². The van der Waals surface area contributed by atoms with Gasteiger partial charge in [0.05, 0.1) is 24.7 Å². The molecule has 0 bridgehead atoms. The van der Waals surface area contributed by atoms with Gasteiger partial charge in [-0.3, -0.25) is 9.36 Å². The van der Waals surface area contributed by atoms with Gasteiger partial charge < -0.3 is 14.7 Å². The van der Waals surface area contributed by atoms with E-state index in [0.717, 1.165) is 57.0 Å². The largest absolute Gasteiger partial charge is 0.508 e. The lowest BCUT2D eigenvalue weighted by Gasteiger charge is -2.24. The van der Waals surface area contributed by atoms with Crippen molar-refractivity contribution in [3.63, 3.8) is 0 Å². The van der Waals surface area contributed by atoms with Crippen LogP contribution in [0.4, 0.5) is 0 Å². The van der Waals surface area contributed by atoms with Gasteiger partial charge in [-0.05, 0) is 74.7 Å². The van der Waals surface area contributed by atoms with Gasteiger partial charge >= 0.3 is 0 Å². The molecule has 1 heterocycles. The first kappa shape index (κ1) is 23.4. The van der Waals surface area contributed by atoms with Crippen molar-refractivity contribution in [2.75, 3.05) is 13.7 Å². The molecular formula is C28H31N3O3. The average molecular weight is 458 g/mol. The number of aryl methyl sites for hydroxylation is 3. The fourth-order valence-electron chi connectivity index (χ4n) is 4.61. The maximum atomic E-state index is 13.7. The second kappa shape index (κ2) is 9.59. The summed E-state index contributed by atoms with van der Waals surface area (Å²) in [7, 11) is 1.63. The van der Waals surface area contributed by atoms with Crippen molar-refractivity contribution in [3.8, 4) is 17.2 Å².